The maximum absolute atomic E-state index is 15.2. The van der Waals surface area contributed by atoms with Gasteiger partial charge in [0.15, 0.2) is 0 Å². The summed E-state index contributed by atoms with van der Waals surface area (Å²) in [6.07, 6.45) is 21.3. The van der Waals surface area contributed by atoms with Crippen molar-refractivity contribution < 1.29 is 38.4 Å². The predicted octanol–water partition coefficient (Wildman–Crippen LogP) is 12.2. The Morgan fingerprint density at radius 3 is 2.24 bits per heavy atom. The number of hydrogen-bond donors (Lipinski definition) is 2. The van der Waals surface area contributed by atoms with Gasteiger partial charge in [0.1, 0.15) is 36.6 Å². The SMILES string of the molecule is C=CCOc1ccc2c(c1)C1C(CCCCO)C(CCCCO)C=C3C(=NOCc4ccccc4)CC(N(Cc4ccc(F)cc4)C(=O)CCCCCCCCCCC)C(OCC=C)(O2)C31. The van der Waals surface area contributed by atoms with Crippen LogP contribution in [0, 0.1) is 23.6 Å². The second-order valence-electron chi connectivity index (χ2n) is 18.4. The third-order valence-corrected chi connectivity index (χ3v) is 13.7. The van der Waals surface area contributed by atoms with Crippen LogP contribution in [0.5, 0.6) is 11.5 Å². The van der Waals surface area contributed by atoms with Gasteiger partial charge in [0.05, 0.1) is 18.2 Å². The van der Waals surface area contributed by atoms with Crippen LogP contribution in [0.4, 0.5) is 4.39 Å². The van der Waals surface area contributed by atoms with E-state index in [4.69, 9.17) is 24.2 Å². The highest BCUT2D eigenvalue weighted by Crippen LogP contribution is 2.62. The van der Waals surface area contributed by atoms with Crippen molar-refractivity contribution in [1.29, 1.82) is 0 Å². The van der Waals surface area contributed by atoms with E-state index in [2.05, 4.69) is 32.2 Å². The van der Waals surface area contributed by atoms with Gasteiger partial charge in [-0.2, -0.15) is 0 Å². The molecule has 66 heavy (non-hydrogen) atoms. The number of ether oxygens (including phenoxy) is 3. The summed E-state index contributed by atoms with van der Waals surface area (Å²) in [5.74, 6) is -0.904. The minimum atomic E-state index is -1.40. The maximum Gasteiger partial charge on any atom is 0.239 e. The Morgan fingerprint density at radius 1 is 0.848 bits per heavy atom. The van der Waals surface area contributed by atoms with Crippen LogP contribution in [0.25, 0.3) is 0 Å². The number of amides is 1. The van der Waals surface area contributed by atoms with Crippen molar-refractivity contribution in [2.45, 2.75) is 147 Å². The van der Waals surface area contributed by atoms with Crippen LogP contribution >= 0.6 is 0 Å². The van der Waals surface area contributed by atoms with E-state index in [1.807, 2.05) is 47.4 Å². The molecule has 2 N–H and O–H groups in total. The smallest absolute Gasteiger partial charge is 0.239 e. The number of nitrogens with zero attached hydrogens (tertiary/aromatic N) is 2. The average molecular weight is 907 g/mol. The zero-order valence-corrected chi connectivity index (χ0v) is 39.4. The van der Waals surface area contributed by atoms with Crippen LogP contribution in [0.2, 0.25) is 0 Å². The first-order chi connectivity index (χ1) is 32.4. The molecule has 3 aliphatic rings. The van der Waals surface area contributed by atoms with Gasteiger partial charge < -0.3 is 34.2 Å². The minimum absolute atomic E-state index is 0.0258. The summed E-state index contributed by atoms with van der Waals surface area (Å²) in [5, 5.41) is 25.0. The van der Waals surface area contributed by atoms with Gasteiger partial charge in [-0.15, -0.1) is 6.58 Å². The number of halogens is 1. The topological polar surface area (TPSA) is 110 Å². The van der Waals surface area contributed by atoms with E-state index in [1.165, 1.54) is 44.2 Å². The molecule has 6 rings (SSSR count). The molecule has 0 spiro atoms. The van der Waals surface area contributed by atoms with Crippen molar-refractivity contribution in [2.75, 3.05) is 26.4 Å². The highest BCUT2D eigenvalue weighted by molar-refractivity contribution is 6.03. The first kappa shape index (κ1) is 50.6. The highest BCUT2D eigenvalue weighted by atomic mass is 19.1. The van der Waals surface area contributed by atoms with E-state index >= 15 is 4.79 Å². The number of allylic oxidation sites excluding steroid dienone is 1. The Balaban J connectivity index is 1.50. The van der Waals surface area contributed by atoms with Gasteiger partial charge in [-0.3, -0.25) is 4.79 Å². The van der Waals surface area contributed by atoms with Crippen LogP contribution in [0.1, 0.15) is 139 Å². The van der Waals surface area contributed by atoms with Gasteiger partial charge in [0.25, 0.3) is 0 Å². The third-order valence-electron chi connectivity index (χ3n) is 13.7. The Bertz CT molecular complexity index is 2020. The number of aliphatic hydroxyl groups is 2. The summed E-state index contributed by atoms with van der Waals surface area (Å²) in [6, 6.07) is 21.6. The molecule has 9 nitrogen and oxygen atoms in total. The van der Waals surface area contributed by atoms with Crippen molar-refractivity contribution >= 4 is 11.6 Å². The normalized spacial score (nSPS) is 22.4. The first-order valence-corrected chi connectivity index (χ1v) is 24.9. The van der Waals surface area contributed by atoms with E-state index in [9.17, 15) is 14.6 Å². The van der Waals surface area contributed by atoms with Crippen molar-refractivity contribution in [1.82, 2.24) is 4.90 Å². The molecule has 1 fully saturated rings. The first-order valence-electron chi connectivity index (χ1n) is 24.9. The molecule has 1 amide bonds. The summed E-state index contributed by atoms with van der Waals surface area (Å²) >= 11 is 0. The van der Waals surface area contributed by atoms with E-state index < -0.39 is 17.7 Å². The van der Waals surface area contributed by atoms with Crippen LogP contribution < -0.4 is 9.47 Å². The lowest BCUT2D eigenvalue weighted by molar-refractivity contribution is -0.258. The predicted molar refractivity (Wildman–Crippen MR) is 261 cm³/mol. The molecule has 358 valence electrons. The fraction of sp³-hybridized carbons (Fsp3) is 0.536. The lowest BCUT2D eigenvalue weighted by Gasteiger charge is -2.60. The van der Waals surface area contributed by atoms with E-state index in [0.717, 1.165) is 79.3 Å². The molecule has 1 saturated carbocycles. The Morgan fingerprint density at radius 2 is 1.55 bits per heavy atom. The Hall–Kier alpha value is -4.77. The van der Waals surface area contributed by atoms with Gasteiger partial charge in [-0.25, -0.2) is 4.39 Å². The molecule has 3 aromatic rings. The van der Waals surface area contributed by atoms with Gasteiger partial charge in [-0.1, -0.05) is 144 Å². The molecule has 1 aliphatic heterocycles. The number of aliphatic hydroxyl groups excluding tert-OH is 2. The summed E-state index contributed by atoms with van der Waals surface area (Å²) in [4.78, 5) is 23.4. The number of carbonyl (C=O) groups excluding carboxylic acids is 1. The second-order valence-corrected chi connectivity index (χ2v) is 18.4. The summed E-state index contributed by atoms with van der Waals surface area (Å²) in [5.41, 5.74) is 4.47. The van der Waals surface area contributed by atoms with Crippen molar-refractivity contribution in [2.24, 2.45) is 22.9 Å². The lowest BCUT2D eigenvalue weighted by atomic mass is 9.55. The molecule has 6 unspecified atom stereocenters. The van der Waals surface area contributed by atoms with E-state index in [-0.39, 0.29) is 68.9 Å². The molecule has 3 aromatic carbocycles. The van der Waals surface area contributed by atoms with E-state index in [0.29, 0.717) is 37.4 Å². The Labute approximate surface area is 393 Å². The number of rotatable bonds is 30. The Kier molecular flexibility index (Phi) is 20.4. The van der Waals surface area contributed by atoms with Crippen LogP contribution in [-0.4, -0.2) is 65.0 Å². The quantitative estimate of drug-likeness (QED) is 0.0389. The molecule has 0 radical (unpaired) electrons. The van der Waals surface area contributed by atoms with E-state index in [1.54, 1.807) is 24.3 Å². The zero-order valence-electron chi connectivity index (χ0n) is 39.4. The molecular weight excluding hydrogens is 832 g/mol. The third kappa shape index (κ3) is 13.2. The van der Waals surface area contributed by atoms with Gasteiger partial charge >= 0.3 is 0 Å². The monoisotopic (exact) mass is 907 g/mol. The largest absolute Gasteiger partial charge is 0.490 e. The minimum Gasteiger partial charge on any atom is -0.490 e. The number of unbranched alkanes of at least 4 members (excludes halogenated alkanes) is 10. The lowest BCUT2D eigenvalue weighted by Crippen LogP contribution is -2.70. The molecule has 0 saturated heterocycles. The molecular formula is C56H75FN2O7. The highest BCUT2D eigenvalue weighted by Gasteiger charge is 2.65. The fourth-order valence-electron chi connectivity index (χ4n) is 10.5. The van der Waals surface area contributed by atoms with Crippen LogP contribution in [-0.2, 0) is 27.5 Å². The molecule has 6 atom stereocenters. The second kappa shape index (κ2) is 26.5. The fourth-order valence-corrected chi connectivity index (χ4v) is 10.5. The molecule has 1 heterocycles. The van der Waals surface area contributed by atoms with Gasteiger partial charge in [-0.05, 0) is 91.0 Å². The molecule has 10 heteroatoms. The molecule has 2 aliphatic carbocycles. The van der Waals surface area contributed by atoms with Crippen LogP contribution in [0.15, 0.2) is 115 Å². The summed E-state index contributed by atoms with van der Waals surface area (Å²) in [6.45, 7) is 11.4. The van der Waals surface area contributed by atoms with Crippen molar-refractivity contribution in [3.63, 3.8) is 0 Å². The number of carbonyl (C=O) groups is 1. The number of benzene rings is 3. The van der Waals surface area contributed by atoms with Crippen LogP contribution in [0.3, 0.4) is 0 Å². The standard InChI is InChI=1S/C56H75FN2O7/c1-4-7-8-9-10-11-12-13-17-26-53(62)59(40-42-27-29-45(57)30-28-42)52-39-50(58-65-41-43-22-15-14-16-23-43)48-37-44(24-18-20-33-60)47(25-19-21-34-61)54-49-38-46(63-35-5-2)31-32-51(49)66-56(52,55(48)54)64-36-6-3/h5-6,14-16,22-23,27-32,37-38,44,47,52,54-55,60-61H,2-4,7-13,17-21,24-26,33-36,39-41H2,1H3. The maximum atomic E-state index is 15.2. The summed E-state index contributed by atoms with van der Waals surface area (Å²) < 4.78 is 35.3. The average Bonchev–Trinajstić information content (AvgIpc) is 3.33. The number of hydrogen-bond acceptors (Lipinski definition) is 8. The molecule has 0 bridgehead atoms. The summed E-state index contributed by atoms with van der Waals surface area (Å²) in [7, 11) is 0. The zero-order chi connectivity index (χ0) is 46.6. The van der Waals surface area contributed by atoms with Gasteiger partial charge in [0, 0.05) is 44.1 Å². The van der Waals surface area contributed by atoms with Crippen molar-refractivity contribution in [3.8, 4) is 11.5 Å². The van der Waals surface area contributed by atoms with Gasteiger partial charge in [0.2, 0.25) is 11.7 Å². The number of fused-ring (bicyclic) bond motifs is 2. The molecule has 0 aromatic heterocycles. The number of oxime groups is 1. The van der Waals surface area contributed by atoms with Crippen molar-refractivity contribution in [3.05, 3.63) is 132 Å².